The van der Waals surface area contributed by atoms with Gasteiger partial charge in [0.2, 0.25) is 0 Å². The zero-order valence-corrected chi connectivity index (χ0v) is 13.0. The van der Waals surface area contributed by atoms with Crippen molar-refractivity contribution in [2.24, 2.45) is 0 Å². The molecular weight excluding hydrogens is 320 g/mol. The van der Waals surface area contributed by atoms with E-state index in [1.165, 1.54) is 32.1 Å². The van der Waals surface area contributed by atoms with Crippen molar-refractivity contribution in [3.05, 3.63) is 28.5 Å². The fraction of sp³-hybridized carbons (Fsp3) is 0.500. The van der Waals surface area contributed by atoms with Crippen LogP contribution in [0.2, 0.25) is 0 Å². The average Bonchev–Trinajstić information content (AvgIpc) is 2.98. The maximum atomic E-state index is 5.29. The van der Waals surface area contributed by atoms with Gasteiger partial charge in [0.15, 0.2) is 5.82 Å². The van der Waals surface area contributed by atoms with E-state index in [0.717, 1.165) is 21.7 Å². The summed E-state index contributed by atoms with van der Waals surface area (Å²) >= 11 is 3.57. The molecule has 0 bridgehead atoms. The summed E-state index contributed by atoms with van der Waals surface area (Å²) in [5, 5.41) is 12.3. The molecule has 0 saturated heterocycles. The monoisotopic (exact) mass is 336 g/mol. The molecule has 2 aromatic rings. The topological polar surface area (TPSA) is 52.8 Å². The van der Waals surface area contributed by atoms with E-state index in [0.29, 0.717) is 5.92 Å². The number of ether oxygens (including phenoxy) is 1. The van der Waals surface area contributed by atoms with Crippen molar-refractivity contribution in [1.82, 2.24) is 20.2 Å². The van der Waals surface area contributed by atoms with Gasteiger partial charge in [-0.3, -0.25) is 0 Å². The normalized spacial score (nSPS) is 16.3. The van der Waals surface area contributed by atoms with E-state index in [9.17, 15) is 0 Å². The van der Waals surface area contributed by atoms with Crippen molar-refractivity contribution in [3.63, 3.8) is 0 Å². The third-order valence-electron chi connectivity index (χ3n) is 3.85. The molecule has 106 valence electrons. The molecule has 1 heterocycles. The van der Waals surface area contributed by atoms with Crippen LogP contribution < -0.4 is 4.74 Å². The molecule has 20 heavy (non-hydrogen) atoms. The Morgan fingerprint density at radius 3 is 2.80 bits per heavy atom. The molecule has 6 heteroatoms. The molecule has 0 spiro atoms. The van der Waals surface area contributed by atoms with Gasteiger partial charge in [-0.05, 0) is 51.3 Å². The van der Waals surface area contributed by atoms with Gasteiger partial charge in [0.1, 0.15) is 5.75 Å². The van der Waals surface area contributed by atoms with Crippen molar-refractivity contribution in [2.75, 3.05) is 7.11 Å². The highest BCUT2D eigenvalue weighted by atomic mass is 79.9. The lowest BCUT2D eigenvalue weighted by Crippen LogP contribution is -2.12. The summed E-state index contributed by atoms with van der Waals surface area (Å²) < 4.78 is 8.09. The van der Waals surface area contributed by atoms with Crippen molar-refractivity contribution in [2.45, 2.75) is 38.0 Å². The number of tetrazole rings is 1. The Morgan fingerprint density at radius 1 is 1.25 bits per heavy atom. The Morgan fingerprint density at radius 2 is 2.05 bits per heavy atom. The predicted molar refractivity (Wildman–Crippen MR) is 79.2 cm³/mol. The number of hydrogen-bond acceptors (Lipinski definition) is 4. The highest BCUT2D eigenvalue weighted by Gasteiger charge is 2.23. The van der Waals surface area contributed by atoms with Crippen LogP contribution in [0.15, 0.2) is 22.7 Å². The number of aromatic nitrogens is 4. The molecule has 0 atom stereocenters. The minimum atomic E-state index is 0.455. The fourth-order valence-electron chi connectivity index (χ4n) is 2.76. The molecule has 1 aliphatic carbocycles. The minimum Gasteiger partial charge on any atom is -0.497 e. The minimum absolute atomic E-state index is 0.455. The van der Waals surface area contributed by atoms with Crippen LogP contribution in [-0.4, -0.2) is 27.3 Å². The Labute approximate surface area is 126 Å². The molecule has 5 nitrogen and oxygen atoms in total. The van der Waals surface area contributed by atoms with Gasteiger partial charge in [0, 0.05) is 16.5 Å². The van der Waals surface area contributed by atoms with Crippen LogP contribution in [0.25, 0.3) is 5.69 Å². The second-order valence-corrected chi connectivity index (χ2v) is 5.96. The third-order valence-corrected chi connectivity index (χ3v) is 4.52. The zero-order valence-electron chi connectivity index (χ0n) is 11.4. The lowest BCUT2D eigenvalue weighted by molar-refractivity contribution is 0.412. The predicted octanol–water partition coefficient (Wildman–Crippen LogP) is 3.48. The summed E-state index contributed by atoms with van der Waals surface area (Å²) in [6.07, 6.45) is 6.18. The highest BCUT2D eigenvalue weighted by Crippen LogP contribution is 2.33. The molecule has 0 N–H and O–H groups in total. The SMILES string of the molecule is COc1ccc(Br)c(-n2nnnc2C2CCCCC2)c1. The molecule has 3 rings (SSSR count). The largest absolute Gasteiger partial charge is 0.497 e. The Balaban J connectivity index is 2.00. The Bertz CT molecular complexity index is 593. The number of halogens is 1. The Kier molecular flexibility index (Phi) is 4.00. The summed E-state index contributed by atoms with van der Waals surface area (Å²) in [6.45, 7) is 0. The molecule has 1 aromatic heterocycles. The first-order chi connectivity index (χ1) is 9.79. The van der Waals surface area contributed by atoms with Gasteiger partial charge in [-0.2, -0.15) is 4.68 Å². The van der Waals surface area contributed by atoms with Crippen LogP contribution in [0.4, 0.5) is 0 Å². The lowest BCUT2D eigenvalue weighted by atomic mass is 9.89. The summed E-state index contributed by atoms with van der Waals surface area (Å²) in [4.78, 5) is 0. The maximum absolute atomic E-state index is 5.29. The number of methoxy groups -OCH3 is 1. The molecule has 1 aliphatic rings. The van der Waals surface area contributed by atoms with E-state index in [4.69, 9.17) is 4.74 Å². The molecule has 0 unspecified atom stereocenters. The standard InChI is InChI=1S/C14H17BrN4O/c1-20-11-7-8-12(15)13(9-11)19-14(16-17-18-19)10-5-3-2-4-6-10/h7-10H,2-6H2,1H3. The van der Waals surface area contributed by atoms with Crippen molar-refractivity contribution >= 4 is 15.9 Å². The van der Waals surface area contributed by atoms with Crippen LogP contribution in [0.5, 0.6) is 5.75 Å². The second kappa shape index (κ2) is 5.91. The van der Waals surface area contributed by atoms with Gasteiger partial charge in [0.25, 0.3) is 0 Å². The van der Waals surface area contributed by atoms with E-state index in [2.05, 4.69) is 31.5 Å². The van der Waals surface area contributed by atoms with Gasteiger partial charge in [-0.25, -0.2) is 0 Å². The number of nitrogens with zero attached hydrogens (tertiary/aromatic N) is 4. The molecular formula is C14H17BrN4O. The average molecular weight is 337 g/mol. The first-order valence-corrected chi connectivity index (χ1v) is 7.71. The van der Waals surface area contributed by atoms with Crippen molar-refractivity contribution < 1.29 is 4.74 Å². The summed E-state index contributed by atoms with van der Waals surface area (Å²) in [7, 11) is 1.66. The Hall–Kier alpha value is -1.43. The maximum Gasteiger partial charge on any atom is 0.159 e. The van der Waals surface area contributed by atoms with Crippen LogP contribution in [0.3, 0.4) is 0 Å². The van der Waals surface area contributed by atoms with E-state index in [1.54, 1.807) is 7.11 Å². The first-order valence-electron chi connectivity index (χ1n) is 6.92. The highest BCUT2D eigenvalue weighted by molar-refractivity contribution is 9.10. The van der Waals surface area contributed by atoms with E-state index in [1.807, 2.05) is 22.9 Å². The van der Waals surface area contributed by atoms with Gasteiger partial charge in [0.05, 0.1) is 12.8 Å². The van der Waals surface area contributed by atoms with E-state index in [-0.39, 0.29) is 0 Å². The summed E-state index contributed by atoms with van der Waals surface area (Å²) in [5.41, 5.74) is 0.926. The van der Waals surface area contributed by atoms with Gasteiger partial charge >= 0.3 is 0 Å². The molecule has 0 aliphatic heterocycles. The van der Waals surface area contributed by atoms with E-state index < -0.39 is 0 Å². The van der Waals surface area contributed by atoms with Gasteiger partial charge in [-0.1, -0.05) is 19.3 Å². The second-order valence-electron chi connectivity index (χ2n) is 5.10. The number of rotatable bonds is 3. The fourth-order valence-corrected chi connectivity index (χ4v) is 3.18. The zero-order chi connectivity index (χ0) is 13.9. The molecule has 1 fully saturated rings. The number of hydrogen-bond donors (Lipinski definition) is 0. The van der Waals surface area contributed by atoms with E-state index >= 15 is 0 Å². The molecule has 0 amide bonds. The van der Waals surface area contributed by atoms with Crippen molar-refractivity contribution in [3.8, 4) is 11.4 Å². The van der Waals surface area contributed by atoms with Gasteiger partial charge < -0.3 is 4.74 Å². The van der Waals surface area contributed by atoms with Crippen molar-refractivity contribution in [1.29, 1.82) is 0 Å². The summed E-state index contributed by atoms with van der Waals surface area (Å²) in [6, 6.07) is 5.82. The van der Waals surface area contributed by atoms with Crippen LogP contribution in [0.1, 0.15) is 43.8 Å². The van der Waals surface area contributed by atoms with Crippen LogP contribution >= 0.6 is 15.9 Å². The summed E-state index contributed by atoms with van der Waals surface area (Å²) in [5.74, 6) is 2.21. The molecule has 1 saturated carbocycles. The molecule has 0 radical (unpaired) electrons. The quantitative estimate of drug-likeness (QED) is 0.860. The lowest BCUT2D eigenvalue weighted by Gasteiger charge is -2.20. The van der Waals surface area contributed by atoms with Crippen LogP contribution in [0, 0.1) is 0 Å². The first kappa shape index (κ1) is 13.5. The number of benzene rings is 1. The third kappa shape index (κ3) is 2.57. The van der Waals surface area contributed by atoms with Crippen LogP contribution in [-0.2, 0) is 0 Å². The van der Waals surface area contributed by atoms with Gasteiger partial charge in [-0.15, -0.1) is 5.10 Å². The molecule has 1 aromatic carbocycles. The smallest absolute Gasteiger partial charge is 0.159 e.